The van der Waals surface area contributed by atoms with Gasteiger partial charge in [-0.05, 0) is 105 Å². The standard InChI is InChI=1S/C28H35O2PS3/c1-18-28(30-31(33,34-18)21-8-6-20(29-4)7-9-21)16-13-25-23-10-5-19-17-22(32)11-14-26(19,2)24(23)12-15-27(25,28)3/h6-9,17,23-25H,1,5,10-16H2,2-4H3/t23-,24+,25+,26+,27+,28+,31+/m1/s1. The average molecular weight is 531 g/mol. The van der Waals surface area contributed by atoms with Gasteiger partial charge in [0.25, 0.3) is 0 Å². The zero-order valence-electron chi connectivity index (χ0n) is 20.5. The number of allylic oxidation sites excluding steroid dienone is 2. The summed E-state index contributed by atoms with van der Waals surface area (Å²) in [6, 6.07) is 8.23. The SMILES string of the molecule is C=C1S[P@@](=S)(c2ccc(OC)cc2)O[C@@]12CC[C@H]1[C@@H]3CCC4=CC(=S)CC[C@]4(C)[C@H]3CC[C@@]12C. The second-order valence-electron chi connectivity index (χ2n) is 11.6. The molecule has 1 aromatic rings. The Morgan fingerprint density at radius 3 is 2.53 bits per heavy atom. The van der Waals surface area contributed by atoms with Crippen molar-refractivity contribution in [3.8, 4) is 5.75 Å². The Labute approximate surface area is 219 Å². The minimum atomic E-state index is -2.24. The minimum absolute atomic E-state index is 0.118. The summed E-state index contributed by atoms with van der Waals surface area (Å²) < 4.78 is 12.6. The molecular formula is C28H35O2PS3. The van der Waals surface area contributed by atoms with Crippen molar-refractivity contribution in [3.63, 3.8) is 0 Å². The van der Waals surface area contributed by atoms with Gasteiger partial charge < -0.3 is 9.26 Å². The maximum absolute atomic E-state index is 7.19. The van der Waals surface area contributed by atoms with Crippen LogP contribution >= 0.6 is 29.1 Å². The molecule has 0 radical (unpaired) electrons. The number of benzene rings is 1. The highest BCUT2D eigenvalue weighted by molar-refractivity contribution is 8.73. The fourth-order valence-electron chi connectivity index (χ4n) is 8.53. The summed E-state index contributed by atoms with van der Waals surface area (Å²) in [6.07, 6.45) is 12.0. The minimum Gasteiger partial charge on any atom is -0.497 e. The topological polar surface area (TPSA) is 18.5 Å². The Hall–Kier alpha value is -0.450. The van der Waals surface area contributed by atoms with Crippen LogP contribution in [-0.4, -0.2) is 17.6 Å². The lowest BCUT2D eigenvalue weighted by molar-refractivity contribution is -0.0885. The van der Waals surface area contributed by atoms with Gasteiger partial charge in [0, 0.05) is 20.5 Å². The van der Waals surface area contributed by atoms with Crippen molar-refractivity contribution in [3.05, 3.63) is 47.4 Å². The first-order valence-electron chi connectivity index (χ1n) is 12.7. The normalized spacial score (nSPS) is 45.5. The van der Waals surface area contributed by atoms with Crippen molar-refractivity contribution in [1.82, 2.24) is 0 Å². The Bertz CT molecular complexity index is 1140. The monoisotopic (exact) mass is 530 g/mol. The number of thiocarbonyl (C=S) groups is 1. The lowest BCUT2D eigenvalue weighted by Crippen LogP contribution is -2.54. The average Bonchev–Trinajstić information content (AvgIpc) is 3.27. The van der Waals surface area contributed by atoms with E-state index in [-0.39, 0.29) is 11.0 Å². The fraction of sp³-hybridized carbons (Fsp3) is 0.607. The number of hydrogen-bond acceptors (Lipinski definition) is 5. The van der Waals surface area contributed by atoms with E-state index in [0.717, 1.165) is 35.7 Å². The van der Waals surface area contributed by atoms with Gasteiger partial charge in [-0.2, -0.15) is 0 Å². The van der Waals surface area contributed by atoms with Crippen LogP contribution in [0.5, 0.6) is 5.75 Å². The molecule has 0 N–H and O–H groups in total. The Kier molecular flexibility index (Phi) is 5.64. The van der Waals surface area contributed by atoms with E-state index in [1.165, 1.54) is 48.3 Å². The van der Waals surface area contributed by atoms with Crippen molar-refractivity contribution < 1.29 is 9.26 Å². The molecular weight excluding hydrogens is 495 g/mol. The third kappa shape index (κ3) is 3.16. The number of ether oxygens (including phenoxy) is 1. The molecule has 6 heteroatoms. The van der Waals surface area contributed by atoms with Crippen LogP contribution in [0.2, 0.25) is 0 Å². The highest BCUT2D eigenvalue weighted by atomic mass is 32.9. The van der Waals surface area contributed by atoms with Crippen LogP contribution < -0.4 is 10.0 Å². The van der Waals surface area contributed by atoms with Gasteiger partial charge in [-0.15, -0.1) is 0 Å². The van der Waals surface area contributed by atoms with Crippen LogP contribution in [0.25, 0.3) is 0 Å². The van der Waals surface area contributed by atoms with Crippen LogP contribution in [0.15, 0.2) is 47.4 Å². The Morgan fingerprint density at radius 1 is 1.06 bits per heavy atom. The molecule has 1 spiro atoms. The Balaban J connectivity index is 1.32. The van der Waals surface area contributed by atoms with E-state index in [1.807, 2.05) is 12.1 Å². The van der Waals surface area contributed by atoms with Gasteiger partial charge in [0.05, 0.1) is 7.11 Å². The fourth-order valence-corrected chi connectivity index (χ4v) is 15.3. The zero-order valence-corrected chi connectivity index (χ0v) is 23.8. The van der Waals surface area contributed by atoms with Crippen molar-refractivity contribution in [2.75, 3.05) is 7.11 Å². The molecule has 4 fully saturated rings. The molecule has 7 atom stereocenters. The summed E-state index contributed by atoms with van der Waals surface area (Å²) in [5, 5.41) is 1.13. The van der Waals surface area contributed by atoms with Crippen LogP contribution in [-0.2, 0) is 16.3 Å². The van der Waals surface area contributed by atoms with Gasteiger partial charge in [0.15, 0.2) is 5.47 Å². The summed E-state index contributed by atoms with van der Waals surface area (Å²) in [5.41, 5.74) is -0.422. The zero-order chi connectivity index (χ0) is 23.9. The van der Waals surface area contributed by atoms with Crippen LogP contribution in [0.3, 0.4) is 0 Å². The second-order valence-corrected chi connectivity index (χ2v) is 18.8. The largest absolute Gasteiger partial charge is 0.497 e. The van der Waals surface area contributed by atoms with E-state index >= 15 is 0 Å². The maximum Gasteiger partial charge on any atom is 0.153 e. The van der Waals surface area contributed by atoms with Gasteiger partial charge in [-0.3, -0.25) is 0 Å². The van der Waals surface area contributed by atoms with Crippen LogP contribution in [0.1, 0.15) is 65.2 Å². The van der Waals surface area contributed by atoms with E-state index < -0.39 is 5.47 Å². The third-order valence-electron chi connectivity index (χ3n) is 10.4. The maximum atomic E-state index is 7.19. The molecule has 6 rings (SSSR count). The van der Waals surface area contributed by atoms with Crippen molar-refractivity contribution >= 4 is 51.0 Å². The second kappa shape index (κ2) is 8.02. The molecule has 34 heavy (non-hydrogen) atoms. The first-order chi connectivity index (χ1) is 16.2. The lowest BCUT2D eigenvalue weighted by atomic mass is 9.46. The first-order valence-corrected chi connectivity index (χ1v) is 17.3. The van der Waals surface area contributed by atoms with Gasteiger partial charge in [-0.25, -0.2) is 0 Å². The summed E-state index contributed by atoms with van der Waals surface area (Å²) in [6.45, 7) is 9.70. The highest BCUT2D eigenvalue weighted by Gasteiger charge is 2.69. The number of methoxy groups -OCH3 is 1. The number of hydrogen-bond donors (Lipinski definition) is 0. The van der Waals surface area contributed by atoms with Crippen LogP contribution in [0.4, 0.5) is 0 Å². The molecule has 4 aliphatic carbocycles. The van der Waals surface area contributed by atoms with Gasteiger partial charge in [-0.1, -0.05) is 61.4 Å². The van der Waals surface area contributed by atoms with E-state index in [1.54, 1.807) is 24.1 Å². The highest BCUT2D eigenvalue weighted by Crippen LogP contribution is 2.81. The molecule has 0 amide bonds. The summed E-state index contributed by atoms with van der Waals surface area (Å²) >= 11 is 13.7. The molecule has 5 aliphatic rings. The van der Waals surface area contributed by atoms with E-state index in [2.05, 4.69) is 38.6 Å². The molecule has 1 aliphatic heterocycles. The van der Waals surface area contributed by atoms with Gasteiger partial charge >= 0.3 is 0 Å². The van der Waals surface area contributed by atoms with Crippen molar-refractivity contribution in [1.29, 1.82) is 0 Å². The van der Waals surface area contributed by atoms with E-state index in [0.29, 0.717) is 11.3 Å². The molecule has 0 unspecified atom stereocenters. The molecule has 0 bridgehead atoms. The molecule has 2 nitrogen and oxygen atoms in total. The van der Waals surface area contributed by atoms with Crippen molar-refractivity contribution in [2.24, 2.45) is 28.6 Å². The Morgan fingerprint density at radius 2 is 1.79 bits per heavy atom. The third-order valence-corrected chi connectivity index (χ3v) is 16.8. The van der Waals surface area contributed by atoms with Gasteiger partial charge in [0.1, 0.15) is 11.4 Å². The van der Waals surface area contributed by atoms with E-state index in [9.17, 15) is 0 Å². The van der Waals surface area contributed by atoms with Crippen molar-refractivity contribution in [2.45, 2.75) is 70.8 Å². The summed E-state index contributed by atoms with van der Waals surface area (Å²) in [5.74, 6) is 3.09. The predicted molar refractivity (Wildman–Crippen MR) is 152 cm³/mol. The predicted octanol–water partition coefficient (Wildman–Crippen LogP) is 7.98. The van der Waals surface area contributed by atoms with Gasteiger partial charge in [0.2, 0.25) is 0 Å². The molecule has 182 valence electrons. The molecule has 1 saturated heterocycles. The van der Waals surface area contributed by atoms with Crippen LogP contribution in [0, 0.1) is 28.6 Å². The molecule has 1 heterocycles. The molecule has 0 aromatic heterocycles. The number of rotatable bonds is 2. The number of fused-ring (bicyclic) bond motifs is 6. The lowest BCUT2D eigenvalue weighted by Gasteiger charge is -2.59. The van der Waals surface area contributed by atoms with E-state index in [4.69, 9.17) is 33.3 Å². The smallest absolute Gasteiger partial charge is 0.153 e. The quantitative estimate of drug-likeness (QED) is 0.284. The summed E-state index contributed by atoms with van der Waals surface area (Å²) in [4.78, 5) is 2.36. The first kappa shape index (κ1) is 23.9. The molecule has 3 saturated carbocycles. The summed E-state index contributed by atoms with van der Waals surface area (Å²) in [7, 11) is 1.70. The molecule has 1 aromatic carbocycles.